The quantitative estimate of drug-likeness (QED) is 0.0262. The highest BCUT2D eigenvalue weighted by Crippen LogP contribution is 2.17. The van der Waals surface area contributed by atoms with E-state index in [0.29, 0.717) is 19.3 Å². The summed E-state index contributed by atoms with van der Waals surface area (Å²) in [6.07, 6.45) is 62.0. The maximum Gasteiger partial charge on any atom is 0.306 e. The molecule has 0 amide bonds. The molecule has 1 unspecified atom stereocenters. The molecule has 0 bridgehead atoms. The van der Waals surface area contributed by atoms with Crippen molar-refractivity contribution in [2.45, 2.75) is 335 Å². The lowest BCUT2D eigenvalue weighted by Crippen LogP contribution is -2.30. The Kier molecular flexibility index (Phi) is 53.2. The van der Waals surface area contributed by atoms with E-state index in [-0.39, 0.29) is 31.1 Å². The Morgan fingerprint density at radius 3 is 0.769 bits per heavy atom. The van der Waals surface area contributed by atoms with E-state index < -0.39 is 6.10 Å². The van der Waals surface area contributed by atoms with Crippen LogP contribution in [-0.2, 0) is 28.6 Å². The van der Waals surface area contributed by atoms with Crippen molar-refractivity contribution < 1.29 is 28.6 Å². The predicted molar refractivity (Wildman–Crippen MR) is 280 cm³/mol. The molecule has 0 aliphatic heterocycles. The Bertz CT molecular complexity index is 1010. The van der Waals surface area contributed by atoms with Gasteiger partial charge >= 0.3 is 17.9 Å². The third-order valence-corrected chi connectivity index (χ3v) is 13.3. The topological polar surface area (TPSA) is 78.9 Å². The molecular formula is C59H112O6. The molecular weight excluding hydrogens is 805 g/mol. The van der Waals surface area contributed by atoms with Gasteiger partial charge in [-0.3, -0.25) is 14.4 Å². The van der Waals surface area contributed by atoms with Crippen molar-refractivity contribution in [3.63, 3.8) is 0 Å². The summed E-state index contributed by atoms with van der Waals surface area (Å²) in [7, 11) is 0. The van der Waals surface area contributed by atoms with Crippen molar-refractivity contribution in [1.29, 1.82) is 0 Å². The highest BCUT2D eigenvalue weighted by molar-refractivity contribution is 5.71. The van der Waals surface area contributed by atoms with Gasteiger partial charge in [0.25, 0.3) is 0 Å². The van der Waals surface area contributed by atoms with E-state index in [0.717, 1.165) is 64.2 Å². The highest BCUT2D eigenvalue weighted by atomic mass is 16.6. The van der Waals surface area contributed by atoms with Gasteiger partial charge in [-0.15, -0.1) is 0 Å². The second-order valence-electron chi connectivity index (χ2n) is 19.9. The first-order valence-electron chi connectivity index (χ1n) is 29.2. The number of hydrogen-bond donors (Lipinski definition) is 0. The molecule has 0 spiro atoms. The monoisotopic (exact) mass is 917 g/mol. The smallest absolute Gasteiger partial charge is 0.306 e. The molecule has 0 aliphatic rings. The first-order chi connectivity index (χ1) is 32.0. The number of rotatable bonds is 54. The van der Waals surface area contributed by atoms with Gasteiger partial charge in [-0.2, -0.15) is 0 Å². The van der Waals surface area contributed by atoms with Gasteiger partial charge < -0.3 is 14.2 Å². The van der Waals surface area contributed by atoms with Crippen LogP contribution in [0.3, 0.4) is 0 Å². The maximum absolute atomic E-state index is 12.8. The van der Waals surface area contributed by atoms with Crippen LogP contribution in [0, 0.1) is 0 Å². The molecule has 384 valence electrons. The number of ether oxygens (including phenoxy) is 3. The van der Waals surface area contributed by atoms with E-state index in [2.05, 4.69) is 32.9 Å². The van der Waals surface area contributed by atoms with Crippen LogP contribution in [0.1, 0.15) is 329 Å². The van der Waals surface area contributed by atoms with Crippen molar-refractivity contribution in [1.82, 2.24) is 0 Å². The van der Waals surface area contributed by atoms with Crippen LogP contribution in [0.15, 0.2) is 12.2 Å². The summed E-state index contributed by atoms with van der Waals surface area (Å²) >= 11 is 0. The molecule has 0 aromatic carbocycles. The van der Waals surface area contributed by atoms with Crippen LogP contribution in [0.5, 0.6) is 0 Å². The van der Waals surface area contributed by atoms with Crippen LogP contribution in [0.4, 0.5) is 0 Å². The van der Waals surface area contributed by atoms with Crippen LogP contribution in [0.2, 0.25) is 0 Å². The fourth-order valence-electron chi connectivity index (χ4n) is 8.85. The molecule has 0 aromatic heterocycles. The van der Waals surface area contributed by atoms with Gasteiger partial charge in [0.15, 0.2) is 6.10 Å². The summed E-state index contributed by atoms with van der Waals surface area (Å²) in [6.45, 7) is 6.69. The lowest BCUT2D eigenvalue weighted by Gasteiger charge is -2.18. The fourth-order valence-corrected chi connectivity index (χ4v) is 8.85. The van der Waals surface area contributed by atoms with E-state index in [4.69, 9.17) is 14.2 Å². The minimum Gasteiger partial charge on any atom is -0.462 e. The summed E-state index contributed by atoms with van der Waals surface area (Å²) in [5.41, 5.74) is 0. The molecule has 0 aromatic rings. The Morgan fingerprint density at radius 1 is 0.292 bits per heavy atom. The highest BCUT2D eigenvalue weighted by Gasteiger charge is 2.19. The normalized spacial score (nSPS) is 12.0. The van der Waals surface area contributed by atoms with Gasteiger partial charge in [0, 0.05) is 19.3 Å². The van der Waals surface area contributed by atoms with Gasteiger partial charge in [0.2, 0.25) is 0 Å². The molecule has 6 heteroatoms. The van der Waals surface area contributed by atoms with Gasteiger partial charge in [-0.1, -0.05) is 277 Å². The second kappa shape index (κ2) is 54.8. The third-order valence-electron chi connectivity index (χ3n) is 13.3. The van der Waals surface area contributed by atoms with Crippen molar-refractivity contribution in [2.24, 2.45) is 0 Å². The van der Waals surface area contributed by atoms with E-state index >= 15 is 0 Å². The number of carbonyl (C=O) groups is 3. The fraction of sp³-hybridized carbons (Fsp3) is 0.915. The second-order valence-corrected chi connectivity index (χ2v) is 19.9. The van der Waals surface area contributed by atoms with Gasteiger partial charge in [0.1, 0.15) is 13.2 Å². The zero-order chi connectivity index (χ0) is 47.2. The summed E-state index contributed by atoms with van der Waals surface area (Å²) in [6, 6.07) is 0. The van der Waals surface area contributed by atoms with Crippen LogP contribution in [-0.4, -0.2) is 37.2 Å². The Hall–Kier alpha value is -1.85. The van der Waals surface area contributed by atoms with Crippen molar-refractivity contribution in [3.05, 3.63) is 12.2 Å². The van der Waals surface area contributed by atoms with Gasteiger partial charge in [-0.25, -0.2) is 0 Å². The van der Waals surface area contributed by atoms with E-state index in [1.54, 1.807) is 0 Å². The zero-order valence-electron chi connectivity index (χ0n) is 44.0. The Morgan fingerprint density at radius 2 is 0.508 bits per heavy atom. The molecule has 0 heterocycles. The Labute approximate surface area is 405 Å². The summed E-state index contributed by atoms with van der Waals surface area (Å²) < 4.78 is 16.9. The van der Waals surface area contributed by atoms with Crippen LogP contribution in [0.25, 0.3) is 0 Å². The molecule has 0 rings (SSSR count). The largest absolute Gasteiger partial charge is 0.462 e. The summed E-state index contributed by atoms with van der Waals surface area (Å²) in [5.74, 6) is -0.850. The third kappa shape index (κ3) is 53.0. The minimum atomic E-state index is -0.767. The maximum atomic E-state index is 12.8. The summed E-state index contributed by atoms with van der Waals surface area (Å²) in [5, 5.41) is 0. The van der Waals surface area contributed by atoms with E-state index in [1.165, 1.54) is 225 Å². The predicted octanol–water partition coefficient (Wildman–Crippen LogP) is 19.3. The standard InChI is InChI=1S/C59H112O6/c1-4-7-10-13-16-19-22-25-28-31-34-37-40-43-46-49-52-58(61)64-55-56(54-63-57(60)51-48-45-42-39-36-33-30-27-24-21-18-15-12-9-6-3)65-59(62)53-50-47-44-41-38-35-32-29-26-23-20-17-14-11-8-5-2/h27,30,56H,4-26,28-29,31-55H2,1-3H3/b30-27-. The SMILES string of the molecule is CCCCCCCC/C=C\CCCCCCCC(=O)OCC(COC(=O)CCCCCCCCCCCCCCCCCC)OC(=O)CCCCCCCCCCCCCCCCCC. The molecule has 0 saturated carbocycles. The number of unbranched alkanes of at least 4 members (excludes halogenated alkanes) is 41. The molecule has 1 atom stereocenters. The van der Waals surface area contributed by atoms with Crippen molar-refractivity contribution in [3.8, 4) is 0 Å². The van der Waals surface area contributed by atoms with E-state index in [9.17, 15) is 14.4 Å². The first-order valence-corrected chi connectivity index (χ1v) is 29.2. The molecule has 0 saturated heterocycles. The zero-order valence-corrected chi connectivity index (χ0v) is 44.0. The molecule has 0 fully saturated rings. The first kappa shape index (κ1) is 63.1. The molecule has 65 heavy (non-hydrogen) atoms. The minimum absolute atomic E-state index is 0.0664. The number of carbonyl (C=O) groups excluding carboxylic acids is 3. The average molecular weight is 918 g/mol. The summed E-state index contributed by atoms with van der Waals surface area (Å²) in [4.78, 5) is 38.1. The lowest BCUT2D eigenvalue weighted by atomic mass is 10.0. The number of hydrogen-bond acceptors (Lipinski definition) is 6. The van der Waals surface area contributed by atoms with Crippen LogP contribution >= 0.6 is 0 Å². The van der Waals surface area contributed by atoms with Crippen molar-refractivity contribution >= 4 is 17.9 Å². The molecule has 0 radical (unpaired) electrons. The number of allylic oxidation sites excluding steroid dienone is 2. The van der Waals surface area contributed by atoms with Gasteiger partial charge in [-0.05, 0) is 44.9 Å². The van der Waals surface area contributed by atoms with E-state index in [1.807, 2.05) is 0 Å². The van der Waals surface area contributed by atoms with Crippen LogP contribution < -0.4 is 0 Å². The Balaban J connectivity index is 4.32. The lowest BCUT2D eigenvalue weighted by molar-refractivity contribution is -0.167. The van der Waals surface area contributed by atoms with Crippen molar-refractivity contribution in [2.75, 3.05) is 13.2 Å². The average Bonchev–Trinajstić information content (AvgIpc) is 3.30. The molecule has 6 nitrogen and oxygen atoms in total. The molecule has 0 aliphatic carbocycles. The van der Waals surface area contributed by atoms with Gasteiger partial charge in [0.05, 0.1) is 0 Å². The molecule has 0 N–H and O–H groups in total. The number of esters is 3.